The van der Waals surface area contributed by atoms with Crippen molar-refractivity contribution < 1.29 is 0 Å². The van der Waals surface area contributed by atoms with Crippen molar-refractivity contribution >= 4 is 50.1 Å². The molecule has 0 saturated heterocycles. The molecule has 1 aromatic carbocycles. The minimum Gasteiger partial charge on any atom is -0.0828 e. The highest BCUT2D eigenvalue weighted by atomic mass is 127. The largest absolute Gasteiger partial charge is 0.0828 e. The molecule has 0 nitrogen and oxygen atoms in total. The van der Waals surface area contributed by atoms with Crippen molar-refractivity contribution in [3.63, 3.8) is 0 Å². The monoisotopic (exact) mass is 330 g/mol. The summed E-state index contributed by atoms with van der Waals surface area (Å²) in [5, 5.41) is 0.812. The molecule has 0 bridgehead atoms. The second-order valence-corrected chi connectivity index (χ2v) is 4.33. The van der Waals surface area contributed by atoms with Crippen LogP contribution in [-0.2, 0) is 0 Å². The van der Waals surface area contributed by atoms with E-state index in [0.29, 0.717) is 0 Å². The highest BCUT2D eigenvalue weighted by Gasteiger charge is 2.02. The molecule has 0 amide bonds. The Bertz CT molecular complexity index is 233. The average Bonchev–Trinajstić information content (AvgIpc) is 1.93. The van der Waals surface area contributed by atoms with Crippen molar-refractivity contribution in [2.45, 2.75) is 6.92 Å². The molecule has 1 rings (SSSR count). The topological polar surface area (TPSA) is 0 Å². The third kappa shape index (κ3) is 1.66. The molecule has 0 aliphatic heterocycles. The van der Waals surface area contributed by atoms with Gasteiger partial charge in [-0.2, -0.15) is 0 Å². The fourth-order valence-corrected chi connectivity index (χ4v) is 1.84. The van der Waals surface area contributed by atoms with Gasteiger partial charge in [0.25, 0.3) is 0 Å². The van der Waals surface area contributed by atoms with E-state index < -0.39 is 0 Å². The summed E-state index contributed by atoms with van der Waals surface area (Å²) >= 11 is 11.6. The Morgan fingerprint density at radius 3 is 2.60 bits per heavy atom. The van der Waals surface area contributed by atoms with Gasteiger partial charge < -0.3 is 0 Å². The molecule has 1 aromatic rings. The van der Waals surface area contributed by atoms with E-state index in [4.69, 9.17) is 11.6 Å². The van der Waals surface area contributed by atoms with E-state index in [1.165, 1.54) is 0 Å². The Hall–Kier alpha value is 0.720. The van der Waals surface area contributed by atoms with Crippen LogP contribution in [0.1, 0.15) is 5.56 Å². The molecular weight excluding hydrogens is 326 g/mol. The van der Waals surface area contributed by atoms with Gasteiger partial charge >= 0.3 is 0 Å². The van der Waals surface area contributed by atoms with Crippen LogP contribution < -0.4 is 0 Å². The highest BCUT2D eigenvalue weighted by molar-refractivity contribution is 14.1. The maximum atomic E-state index is 5.93. The molecule has 0 aliphatic rings. The van der Waals surface area contributed by atoms with Crippen molar-refractivity contribution in [1.29, 1.82) is 0 Å². The predicted octanol–water partition coefficient (Wildman–Crippen LogP) is 4.02. The Balaban J connectivity index is 3.34. The molecule has 0 radical (unpaired) electrons. The second kappa shape index (κ2) is 3.41. The summed E-state index contributed by atoms with van der Waals surface area (Å²) < 4.78 is 2.14. The van der Waals surface area contributed by atoms with Crippen LogP contribution in [0.4, 0.5) is 0 Å². The Labute approximate surface area is 87.2 Å². The first-order valence-corrected chi connectivity index (χ1v) is 4.98. The summed E-state index contributed by atoms with van der Waals surface area (Å²) in [5.74, 6) is 0. The van der Waals surface area contributed by atoms with E-state index >= 15 is 0 Å². The Kier molecular flexibility index (Phi) is 3.01. The first-order chi connectivity index (χ1) is 4.63. The van der Waals surface area contributed by atoms with E-state index in [9.17, 15) is 0 Å². The summed E-state index contributed by atoms with van der Waals surface area (Å²) in [7, 11) is 0. The summed E-state index contributed by atoms with van der Waals surface area (Å²) in [5.41, 5.74) is 1.11. The zero-order valence-electron chi connectivity index (χ0n) is 5.29. The molecular formula is C7H5BrClI. The van der Waals surface area contributed by atoms with Gasteiger partial charge in [-0.1, -0.05) is 17.7 Å². The zero-order valence-corrected chi connectivity index (χ0v) is 9.79. The minimum atomic E-state index is 0.812. The molecule has 0 aliphatic carbocycles. The van der Waals surface area contributed by atoms with Crippen LogP contribution in [0.3, 0.4) is 0 Å². The van der Waals surface area contributed by atoms with Crippen molar-refractivity contribution in [3.05, 3.63) is 30.8 Å². The normalized spacial score (nSPS) is 10.0. The third-order valence-electron chi connectivity index (χ3n) is 1.23. The van der Waals surface area contributed by atoms with E-state index in [1.807, 2.05) is 19.1 Å². The maximum Gasteiger partial charge on any atom is 0.0587 e. The number of aryl methyl sites for hydroxylation is 1. The lowest BCUT2D eigenvalue weighted by Crippen LogP contribution is -1.79. The molecule has 0 N–H and O–H groups in total. The fourth-order valence-electron chi connectivity index (χ4n) is 0.622. The lowest BCUT2D eigenvalue weighted by atomic mass is 10.2. The van der Waals surface area contributed by atoms with Crippen LogP contribution in [0.5, 0.6) is 0 Å². The molecule has 0 heterocycles. The lowest BCUT2D eigenvalue weighted by Gasteiger charge is -2.01. The van der Waals surface area contributed by atoms with Crippen molar-refractivity contribution in [2.75, 3.05) is 0 Å². The Morgan fingerprint density at radius 2 is 2.10 bits per heavy atom. The predicted molar refractivity (Wildman–Crippen MR) is 56.6 cm³/mol. The molecule has 0 atom stereocenters. The number of halogens is 3. The summed E-state index contributed by atoms with van der Waals surface area (Å²) in [4.78, 5) is 0. The van der Waals surface area contributed by atoms with Crippen LogP contribution in [0.25, 0.3) is 0 Å². The first-order valence-electron chi connectivity index (χ1n) is 2.73. The molecule has 0 spiro atoms. The van der Waals surface area contributed by atoms with Gasteiger partial charge in [0.15, 0.2) is 0 Å². The van der Waals surface area contributed by atoms with E-state index in [1.54, 1.807) is 0 Å². The van der Waals surface area contributed by atoms with E-state index in [2.05, 4.69) is 38.5 Å². The van der Waals surface area contributed by atoms with Gasteiger partial charge in [0, 0.05) is 8.04 Å². The van der Waals surface area contributed by atoms with E-state index in [0.717, 1.165) is 18.6 Å². The van der Waals surface area contributed by atoms with Crippen LogP contribution in [0.2, 0.25) is 5.02 Å². The van der Waals surface area contributed by atoms with Crippen LogP contribution in [0.15, 0.2) is 16.6 Å². The molecule has 3 heteroatoms. The molecule has 10 heavy (non-hydrogen) atoms. The van der Waals surface area contributed by atoms with Gasteiger partial charge in [-0.25, -0.2) is 0 Å². The quantitative estimate of drug-likeness (QED) is 0.498. The van der Waals surface area contributed by atoms with Crippen molar-refractivity contribution in [3.8, 4) is 0 Å². The van der Waals surface area contributed by atoms with E-state index in [-0.39, 0.29) is 0 Å². The number of hydrogen-bond acceptors (Lipinski definition) is 0. The third-order valence-corrected chi connectivity index (χ3v) is 4.41. The van der Waals surface area contributed by atoms with Gasteiger partial charge in [-0.3, -0.25) is 0 Å². The van der Waals surface area contributed by atoms with Gasteiger partial charge in [0.05, 0.1) is 5.02 Å². The molecule has 0 fully saturated rings. The summed E-state index contributed by atoms with van der Waals surface area (Å²) in [6.45, 7) is 1.99. The lowest BCUT2D eigenvalue weighted by molar-refractivity contribution is 1.43. The molecule has 0 aromatic heterocycles. The van der Waals surface area contributed by atoms with Gasteiger partial charge in [0.1, 0.15) is 0 Å². The first kappa shape index (κ1) is 8.81. The van der Waals surface area contributed by atoms with Crippen LogP contribution in [-0.4, -0.2) is 0 Å². The Morgan fingerprint density at radius 1 is 1.50 bits per heavy atom. The zero-order chi connectivity index (χ0) is 7.72. The highest BCUT2D eigenvalue weighted by Crippen LogP contribution is 2.29. The summed E-state index contributed by atoms with van der Waals surface area (Å²) in [6, 6.07) is 4.04. The maximum absolute atomic E-state index is 5.93. The molecule has 54 valence electrons. The standard InChI is InChI=1S/C7H5BrClI/c1-4-2-3-5(10)6(8)7(4)9/h2-3H,1H3. The van der Waals surface area contributed by atoms with Gasteiger partial charge in [-0.15, -0.1) is 0 Å². The van der Waals surface area contributed by atoms with Crippen molar-refractivity contribution in [2.24, 2.45) is 0 Å². The fraction of sp³-hybridized carbons (Fsp3) is 0.143. The molecule has 0 saturated carbocycles. The smallest absolute Gasteiger partial charge is 0.0587 e. The van der Waals surface area contributed by atoms with Gasteiger partial charge in [0.2, 0.25) is 0 Å². The molecule has 0 unspecified atom stereocenters. The summed E-state index contributed by atoms with van der Waals surface area (Å²) in [6.07, 6.45) is 0. The SMILES string of the molecule is Cc1ccc(I)c(Br)c1Cl. The minimum absolute atomic E-state index is 0.812. The van der Waals surface area contributed by atoms with Crippen molar-refractivity contribution in [1.82, 2.24) is 0 Å². The number of rotatable bonds is 0. The second-order valence-electron chi connectivity index (χ2n) is 1.99. The number of benzene rings is 1. The van der Waals surface area contributed by atoms with Gasteiger partial charge in [-0.05, 0) is 57.1 Å². The van der Waals surface area contributed by atoms with Crippen LogP contribution in [0, 0.1) is 10.5 Å². The average molecular weight is 331 g/mol. The number of hydrogen-bond donors (Lipinski definition) is 0. The van der Waals surface area contributed by atoms with Crippen LogP contribution >= 0.6 is 50.1 Å².